The second-order valence-corrected chi connectivity index (χ2v) is 7.20. The lowest BCUT2D eigenvalue weighted by atomic mass is 10.1. The van der Waals surface area contributed by atoms with Gasteiger partial charge in [-0.1, -0.05) is 53.3 Å². The molecule has 4 aromatic rings. The highest BCUT2D eigenvalue weighted by atomic mass is 32.1. The quantitative estimate of drug-likeness (QED) is 0.547. The molecule has 0 atom stereocenters. The summed E-state index contributed by atoms with van der Waals surface area (Å²) in [5, 5.41) is 4.23. The molecule has 0 aliphatic heterocycles. The predicted octanol–water partition coefficient (Wildman–Crippen LogP) is 2.10. The first-order valence-electron chi connectivity index (χ1n) is 8.25. The number of rotatable bonds is 3. The smallest absolute Gasteiger partial charge is 0.266 e. The van der Waals surface area contributed by atoms with Crippen LogP contribution in [0.5, 0.6) is 0 Å². The number of benzene rings is 2. The fourth-order valence-corrected chi connectivity index (χ4v) is 3.57. The van der Waals surface area contributed by atoms with Gasteiger partial charge in [-0.3, -0.25) is 9.59 Å². The Morgan fingerprint density at radius 1 is 1.07 bits per heavy atom. The maximum Gasteiger partial charge on any atom is 0.296 e. The van der Waals surface area contributed by atoms with E-state index in [-0.39, 0.29) is 22.0 Å². The van der Waals surface area contributed by atoms with Crippen LogP contribution >= 0.6 is 11.3 Å². The van der Waals surface area contributed by atoms with E-state index in [0.29, 0.717) is 16.5 Å². The van der Waals surface area contributed by atoms with Crippen molar-refractivity contribution in [1.29, 1.82) is 0 Å². The molecule has 0 aliphatic rings. The topological polar surface area (TPSA) is 64.3 Å². The molecule has 0 spiro atoms. The minimum absolute atomic E-state index is 0.222. The number of hydrogen-bond donors (Lipinski definition) is 0. The molecule has 0 saturated heterocycles. The Kier molecular flexibility index (Phi) is 4.37. The first-order chi connectivity index (χ1) is 13.0. The van der Waals surface area contributed by atoms with E-state index in [0.717, 1.165) is 27.0 Å². The molecular weight excluding hydrogens is 365 g/mol. The molecule has 2 aromatic heterocycles. The van der Waals surface area contributed by atoms with Crippen molar-refractivity contribution in [3.63, 3.8) is 0 Å². The van der Waals surface area contributed by atoms with E-state index in [4.69, 9.17) is 0 Å². The van der Waals surface area contributed by atoms with Crippen molar-refractivity contribution in [1.82, 2.24) is 14.6 Å². The van der Waals surface area contributed by atoms with Gasteiger partial charge in [0.1, 0.15) is 11.5 Å². The largest absolute Gasteiger partial charge is 0.296 e. The number of aromatic nitrogens is 3. The average molecular weight is 379 g/mol. The number of nitrogens with zero attached hydrogens (tertiary/aromatic N) is 3. The molecule has 134 valence electrons. The molecule has 0 amide bonds. The summed E-state index contributed by atoms with van der Waals surface area (Å²) in [5.74, 6) is -0.347. The fourth-order valence-electron chi connectivity index (χ4n) is 2.66. The highest BCUT2D eigenvalue weighted by Crippen LogP contribution is 2.07. The minimum Gasteiger partial charge on any atom is -0.266 e. The molecule has 0 fully saturated rings. The Balaban J connectivity index is 1.79. The molecule has 0 bridgehead atoms. The summed E-state index contributed by atoms with van der Waals surface area (Å²) in [6, 6.07) is 13.6. The van der Waals surface area contributed by atoms with Crippen LogP contribution in [0, 0.1) is 12.7 Å². The second-order valence-electron chi connectivity index (χ2n) is 6.19. The van der Waals surface area contributed by atoms with Gasteiger partial charge in [0.2, 0.25) is 4.96 Å². The third kappa shape index (κ3) is 3.54. The molecule has 27 heavy (non-hydrogen) atoms. The van der Waals surface area contributed by atoms with Crippen molar-refractivity contribution < 1.29 is 4.39 Å². The molecule has 0 N–H and O–H groups in total. The van der Waals surface area contributed by atoms with E-state index >= 15 is 0 Å². The molecule has 0 aliphatic carbocycles. The standard InChI is InChI=1S/C20H14FN3O2S/c1-12-2-4-13(5-3-12)10-16-18(25)22-20-24(23-16)19(26)17(27-20)11-14-6-8-15(21)9-7-14/h2-9,11H,10H2,1H3. The van der Waals surface area contributed by atoms with Crippen molar-refractivity contribution in [3.8, 4) is 0 Å². The first kappa shape index (κ1) is 17.2. The van der Waals surface area contributed by atoms with Crippen LogP contribution < -0.4 is 15.7 Å². The molecule has 2 aromatic carbocycles. The Bertz CT molecular complexity index is 1290. The van der Waals surface area contributed by atoms with Crippen LogP contribution in [0.25, 0.3) is 11.0 Å². The fraction of sp³-hybridized carbons (Fsp3) is 0.100. The van der Waals surface area contributed by atoms with E-state index in [1.807, 2.05) is 31.2 Å². The van der Waals surface area contributed by atoms with Crippen molar-refractivity contribution in [3.05, 3.63) is 102 Å². The monoisotopic (exact) mass is 379 g/mol. The highest BCUT2D eigenvalue weighted by Gasteiger charge is 2.11. The van der Waals surface area contributed by atoms with Crippen LogP contribution in [0.15, 0.2) is 58.1 Å². The van der Waals surface area contributed by atoms with Crippen LogP contribution in [0.4, 0.5) is 4.39 Å². The third-order valence-corrected chi connectivity index (χ3v) is 5.07. The number of hydrogen-bond acceptors (Lipinski definition) is 5. The normalized spacial score (nSPS) is 12.0. The summed E-state index contributed by atoms with van der Waals surface area (Å²) in [6.45, 7) is 1.98. The van der Waals surface area contributed by atoms with Gasteiger partial charge >= 0.3 is 0 Å². The maximum atomic E-state index is 13.0. The number of halogens is 1. The van der Waals surface area contributed by atoms with Crippen molar-refractivity contribution >= 4 is 22.4 Å². The van der Waals surface area contributed by atoms with E-state index in [1.165, 1.54) is 12.1 Å². The lowest BCUT2D eigenvalue weighted by molar-refractivity contribution is 0.628. The third-order valence-electron chi connectivity index (χ3n) is 4.11. The highest BCUT2D eigenvalue weighted by molar-refractivity contribution is 7.15. The van der Waals surface area contributed by atoms with Gasteiger partial charge in [0.05, 0.1) is 4.53 Å². The van der Waals surface area contributed by atoms with Crippen LogP contribution in [-0.4, -0.2) is 14.6 Å². The Morgan fingerprint density at radius 2 is 1.78 bits per heavy atom. The van der Waals surface area contributed by atoms with Gasteiger partial charge < -0.3 is 0 Å². The van der Waals surface area contributed by atoms with Crippen LogP contribution in [0.1, 0.15) is 22.4 Å². The number of thiazole rings is 1. The number of fused-ring (bicyclic) bond motifs is 1. The maximum absolute atomic E-state index is 13.0. The molecule has 4 rings (SSSR count). The van der Waals surface area contributed by atoms with Crippen molar-refractivity contribution in [2.45, 2.75) is 13.3 Å². The zero-order valence-corrected chi connectivity index (χ0v) is 15.2. The first-order valence-corrected chi connectivity index (χ1v) is 9.07. The zero-order valence-electron chi connectivity index (χ0n) is 14.3. The molecular formula is C20H14FN3O2S. The molecule has 0 radical (unpaired) electrons. The van der Waals surface area contributed by atoms with Gasteiger partial charge in [-0.15, -0.1) is 0 Å². The lowest BCUT2D eigenvalue weighted by Gasteiger charge is -2.01. The summed E-state index contributed by atoms with van der Waals surface area (Å²) in [7, 11) is 0. The average Bonchev–Trinajstić information content (AvgIpc) is 2.94. The van der Waals surface area contributed by atoms with Gasteiger partial charge in [-0.25, -0.2) is 4.39 Å². The van der Waals surface area contributed by atoms with Gasteiger partial charge in [-0.05, 0) is 36.3 Å². The van der Waals surface area contributed by atoms with Crippen molar-refractivity contribution in [2.75, 3.05) is 0 Å². The summed E-state index contributed by atoms with van der Waals surface area (Å²) in [4.78, 5) is 29.2. The van der Waals surface area contributed by atoms with Crippen LogP contribution in [-0.2, 0) is 6.42 Å². The summed E-state index contributed by atoms with van der Waals surface area (Å²) >= 11 is 1.08. The second kappa shape index (κ2) is 6.85. The minimum atomic E-state index is -0.440. The van der Waals surface area contributed by atoms with E-state index < -0.39 is 5.56 Å². The Hall–Kier alpha value is -3.19. The zero-order chi connectivity index (χ0) is 19.0. The van der Waals surface area contributed by atoms with E-state index in [9.17, 15) is 14.0 Å². The van der Waals surface area contributed by atoms with E-state index in [2.05, 4.69) is 10.1 Å². The SMILES string of the molecule is Cc1ccc(Cc2nn3c(=O)c(=Cc4ccc(F)cc4)sc3nc2=O)cc1. The lowest BCUT2D eigenvalue weighted by Crippen LogP contribution is -2.28. The molecule has 2 heterocycles. The molecule has 0 unspecified atom stereocenters. The van der Waals surface area contributed by atoms with E-state index in [1.54, 1.807) is 18.2 Å². The van der Waals surface area contributed by atoms with Gasteiger partial charge in [0.25, 0.3) is 11.1 Å². The Labute approximate surface area is 157 Å². The van der Waals surface area contributed by atoms with Crippen LogP contribution in [0.2, 0.25) is 0 Å². The van der Waals surface area contributed by atoms with Gasteiger partial charge in [0.15, 0.2) is 0 Å². The Morgan fingerprint density at radius 3 is 2.48 bits per heavy atom. The summed E-state index contributed by atoms with van der Waals surface area (Å²) < 4.78 is 14.6. The molecule has 0 saturated carbocycles. The molecule has 7 heteroatoms. The van der Waals surface area contributed by atoms with Crippen molar-refractivity contribution in [2.24, 2.45) is 0 Å². The van der Waals surface area contributed by atoms with Crippen LogP contribution in [0.3, 0.4) is 0 Å². The summed E-state index contributed by atoms with van der Waals surface area (Å²) in [6.07, 6.45) is 1.94. The van der Waals surface area contributed by atoms with Gasteiger partial charge in [-0.2, -0.15) is 14.6 Å². The summed E-state index contributed by atoms with van der Waals surface area (Å²) in [5.41, 5.74) is 2.16. The predicted molar refractivity (Wildman–Crippen MR) is 103 cm³/mol. The molecule has 5 nitrogen and oxygen atoms in total. The number of aryl methyl sites for hydroxylation is 1. The van der Waals surface area contributed by atoms with Gasteiger partial charge in [0, 0.05) is 6.42 Å².